The molecule has 0 aliphatic rings. The molecule has 82 valence electrons. The molecule has 1 N–H and O–H groups in total. The van der Waals surface area contributed by atoms with E-state index in [0.717, 1.165) is 0 Å². The zero-order valence-corrected chi connectivity index (χ0v) is 8.95. The lowest BCUT2D eigenvalue weighted by Crippen LogP contribution is -2.05. The molecule has 1 aromatic rings. The second kappa shape index (κ2) is 5.06. The van der Waals surface area contributed by atoms with Crippen LogP contribution in [0.15, 0.2) is 24.3 Å². The molecule has 0 bridgehead atoms. The van der Waals surface area contributed by atoms with E-state index in [0.29, 0.717) is 5.56 Å². The van der Waals surface area contributed by atoms with Crippen LogP contribution in [0, 0.1) is 0 Å². The van der Waals surface area contributed by atoms with Crippen molar-refractivity contribution in [2.45, 2.75) is 11.4 Å². The average molecular weight is 281 g/mol. The number of benzene rings is 1. The number of halogens is 3. The molecule has 0 radical (unpaired) electrons. The molecule has 6 heteroatoms. The zero-order valence-electron chi connectivity index (χ0n) is 7.36. The Bertz CT molecular complexity index is 340. The SMILES string of the molecule is O=C(O)C(Br)c1ccc(OC(F)F)cc1. The minimum atomic E-state index is -2.88. The second-order valence-electron chi connectivity index (χ2n) is 2.65. The largest absolute Gasteiger partial charge is 0.480 e. The molecule has 0 saturated carbocycles. The minimum absolute atomic E-state index is 0.00108. The molecular weight excluding hydrogens is 274 g/mol. The minimum Gasteiger partial charge on any atom is -0.480 e. The summed E-state index contributed by atoms with van der Waals surface area (Å²) in [5, 5.41) is 8.65. The summed E-state index contributed by atoms with van der Waals surface area (Å²) in [6, 6.07) is 5.40. The van der Waals surface area contributed by atoms with Crippen LogP contribution in [0.3, 0.4) is 0 Å². The molecule has 0 heterocycles. The summed E-state index contributed by atoms with van der Waals surface area (Å²) in [7, 11) is 0. The monoisotopic (exact) mass is 280 g/mol. The maximum absolute atomic E-state index is 11.8. The van der Waals surface area contributed by atoms with E-state index in [2.05, 4.69) is 20.7 Å². The number of hydrogen-bond acceptors (Lipinski definition) is 2. The smallest absolute Gasteiger partial charge is 0.387 e. The molecule has 1 unspecified atom stereocenters. The van der Waals surface area contributed by atoms with Crippen molar-refractivity contribution in [3.63, 3.8) is 0 Å². The molecule has 15 heavy (non-hydrogen) atoms. The van der Waals surface area contributed by atoms with Gasteiger partial charge in [0.05, 0.1) is 0 Å². The third kappa shape index (κ3) is 3.47. The van der Waals surface area contributed by atoms with Crippen LogP contribution in [0.1, 0.15) is 10.4 Å². The Morgan fingerprint density at radius 3 is 2.27 bits per heavy atom. The van der Waals surface area contributed by atoms with Crippen LogP contribution < -0.4 is 4.74 Å². The molecular formula is C9H7BrF2O3. The van der Waals surface area contributed by atoms with Crippen LogP contribution >= 0.6 is 15.9 Å². The normalized spacial score (nSPS) is 12.5. The summed E-state index contributed by atoms with van der Waals surface area (Å²) in [6.45, 7) is -2.88. The predicted molar refractivity (Wildman–Crippen MR) is 52.4 cm³/mol. The van der Waals surface area contributed by atoms with Crippen LogP contribution in [0.2, 0.25) is 0 Å². The van der Waals surface area contributed by atoms with E-state index in [1.54, 1.807) is 0 Å². The summed E-state index contributed by atoms with van der Waals surface area (Å²) < 4.78 is 27.7. The summed E-state index contributed by atoms with van der Waals surface area (Å²) in [4.78, 5) is 9.72. The van der Waals surface area contributed by atoms with Gasteiger partial charge in [0.15, 0.2) is 0 Å². The topological polar surface area (TPSA) is 46.5 Å². The average Bonchev–Trinajstić information content (AvgIpc) is 2.17. The van der Waals surface area contributed by atoms with Crippen molar-refractivity contribution in [3.8, 4) is 5.75 Å². The van der Waals surface area contributed by atoms with Gasteiger partial charge < -0.3 is 9.84 Å². The summed E-state index contributed by atoms with van der Waals surface area (Å²) in [5.41, 5.74) is 0.462. The Kier molecular flexibility index (Phi) is 4.02. The van der Waals surface area contributed by atoms with E-state index in [9.17, 15) is 13.6 Å². The van der Waals surface area contributed by atoms with E-state index in [-0.39, 0.29) is 5.75 Å². The standard InChI is InChI=1S/C9H7BrF2O3/c10-7(8(13)14)5-1-3-6(4-2-5)15-9(11)12/h1-4,7,9H,(H,13,14). The van der Waals surface area contributed by atoms with Crippen LogP contribution in [0.25, 0.3) is 0 Å². The highest BCUT2D eigenvalue weighted by Crippen LogP contribution is 2.25. The van der Waals surface area contributed by atoms with E-state index < -0.39 is 17.4 Å². The van der Waals surface area contributed by atoms with Crippen LogP contribution in [0.5, 0.6) is 5.75 Å². The Morgan fingerprint density at radius 2 is 1.87 bits per heavy atom. The number of carbonyl (C=O) groups is 1. The van der Waals surface area contributed by atoms with Gasteiger partial charge in [-0.05, 0) is 17.7 Å². The Balaban J connectivity index is 2.76. The van der Waals surface area contributed by atoms with Gasteiger partial charge in [0.25, 0.3) is 0 Å². The molecule has 0 fully saturated rings. The van der Waals surface area contributed by atoms with E-state index in [1.165, 1.54) is 24.3 Å². The molecule has 0 amide bonds. The third-order valence-corrected chi connectivity index (χ3v) is 2.54. The van der Waals surface area contributed by atoms with Gasteiger partial charge in [0.1, 0.15) is 10.6 Å². The Labute approximate surface area is 92.8 Å². The van der Waals surface area contributed by atoms with Crippen molar-refractivity contribution in [1.82, 2.24) is 0 Å². The molecule has 1 atom stereocenters. The zero-order chi connectivity index (χ0) is 11.4. The quantitative estimate of drug-likeness (QED) is 0.863. The maximum atomic E-state index is 11.8. The number of rotatable bonds is 4. The first-order valence-corrected chi connectivity index (χ1v) is 4.84. The van der Waals surface area contributed by atoms with Crippen molar-refractivity contribution in [3.05, 3.63) is 29.8 Å². The fourth-order valence-corrected chi connectivity index (χ4v) is 1.27. The molecule has 1 rings (SSSR count). The molecule has 0 spiro atoms. The maximum Gasteiger partial charge on any atom is 0.387 e. The Hall–Kier alpha value is -1.17. The van der Waals surface area contributed by atoms with Gasteiger partial charge in [0, 0.05) is 0 Å². The predicted octanol–water partition coefficient (Wildman–Crippen LogP) is 2.81. The number of hydrogen-bond donors (Lipinski definition) is 1. The lowest BCUT2D eigenvalue weighted by molar-refractivity contribution is -0.136. The van der Waals surface area contributed by atoms with Crippen LogP contribution in [-0.2, 0) is 4.79 Å². The first-order chi connectivity index (χ1) is 7.00. The number of aliphatic carboxylic acids is 1. The fourth-order valence-electron chi connectivity index (χ4n) is 0.961. The molecule has 0 aromatic heterocycles. The fraction of sp³-hybridized carbons (Fsp3) is 0.222. The van der Waals surface area contributed by atoms with Crippen molar-refractivity contribution in [2.75, 3.05) is 0 Å². The molecule has 3 nitrogen and oxygen atoms in total. The number of ether oxygens (including phenoxy) is 1. The van der Waals surface area contributed by atoms with Gasteiger partial charge >= 0.3 is 12.6 Å². The van der Waals surface area contributed by atoms with Gasteiger partial charge in [-0.25, -0.2) is 0 Å². The number of carboxylic acid groups (broad SMARTS) is 1. The van der Waals surface area contributed by atoms with Gasteiger partial charge in [-0.1, -0.05) is 28.1 Å². The highest BCUT2D eigenvalue weighted by atomic mass is 79.9. The third-order valence-electron chi connectivity index (χ3n) is 1.61. The van der Waals surface area contributed by atoms with Gasteiger partial charge in [-0.15, -0.1) is 0 Å². The lowest BCUT2D eigenvalue weighted by atomic mass is 10.1. The van der Waals surface area contributed by atoms with Crippen molar-refractivity contribution in [1.29, 1.82) is 0 Å². The highest BCUT2D eigenvalue weighted by Gasteiger charge is 2.15. The first-order valence-electron chi connectivity index (χ1n) is 3.92. The van der Waals surface area contributed by atoms with Crippen molar-refractivity contribution < 1.29 is 23.4 Å². The van der Waals surface area contributed by atoms with Crippen LogP contribution in [0.4, 0.5) is 8.78 Å². The summed E-state index contributed by atoms with van der Waals surface area (Å²) in [5.74, 6) is -1.05. The summed E-state index contributed by atoms with van der Waals surface area (Å²) in [6.07, 6.45) is 0. The van der Waals surface area contributed by atoms with E-state index in [1.807, 2.05) is 0 Å². The van der Waals surface area contributed by atoms with Crippen LogP contribution in [-0.4, -0.2) is 17.7 Å². The van der Waals surface area contributed by atoms with Gasteiger partial charge in [-0.3, -0.25) is 4.79 Å². The van der Waals surface area contributed by atoms with Gasteiger partial charge in [0.2, 0.25) is 0 Å². The Morgan fingerprint density at radius 1 is 1.33 bits per heavy atom. The second-order valence-corrected chi connectivity index (χ2v) is 3.56. The number of alkyl halides is 3. The molecule has 0 saturated heterocycles. The van der Waals surface area contributed by atoms with E-state index >= 15 is 0 Å². The lowest BCUT2D eigenvalue weighted by Gasteiger charge is -2.07. The van der Waals surface area contributed by atoms with Crippen molar-refractivity contribution >= 4 is 21.9 Å². The number of carboxylic acids is 1. The first kappa shape index (κ1) is 11.9. The molecule has 1 aromatic carbocycles. The molecule has 0 aliphatic heterocycles. The van der Waals surface area contributed by atoms with Gasteiger partial charge in [-0.2, -0.15) is 8.78 Å². The van der Waals surface area contributed by atoms with Crippen molar-refractivity contribution in [2.24, 2.45) is 0 Å². The highest BCUT2D eigenvalue weighted by molar-refractivity contribution is 9.09. The summed E-state index contributed by atoms with van der Waals surface area (Å²) >= 11 is 2.94. The molecule has 0 aliphatic carbocycles. The van der Waals surface area contributed by atoms with E-state index in [4.69, 9.17) is 5.11 Å².